The lowest BCUT2D eigenvalue weighted by Crippen LogP contribution is -2.38. The average Bonchev–Trinajstić information content (AvgIpc) is 3.17. The Bertz CT molecular complexity index is 983. The number of aryl methyl sites for hydroxylation is 1. The van der Waals surface area contributed by atoms with Gasteiger partial charge in [0.05, 0.1) is 12.2 Å². The Kier molecular flexibility index (Phi) is 10.1. The number of H-pyrrole nitrogens is 1. The van der Waals surface area contributed by atoms with Crippen LogP contribution in [0.5, 0.6) is 5.75 Å². The van der Waals surface area contributed by atoms with Gasteiger partial charge in [0.2, 0.25) is 0 Å². The van der Waals surface area contributed by atoms with Crippen LogP contribution in [0, 0.1) is 13.8 Å². The van der Waals surface area contributed by atoms with E-state index >= 15 is 0 Å². The highest BCUT2D eigenvalue weighted by atomic mass is 16.6. The van der Waals surface area contributed by atoms with Crippen molar-refractivity contribution in [2.24, 2.45) is 0 Å². The maximum absolute atomic E-state index is 12.8. The molecule has 1 aliphatic rings. The maximum atomic E-state index is 12.8. The van der Waals surface area contributed by atoms with Crippen molar-refractivity contribution in [3.63, 3.8) is 0 Å². The van der Waals surface area contributed by atoms with E-state index in [0.29, 0.717) is 48.3 Å². The van der Waals surface area contributed by atoms with Crippen molar-refractivity contribution < 1.29 is 28.5 Å². The number of hydrogen-bond acceptors (Lipinski definition) is 7. The zero-order chi connectivity index (χ0) is 25.2. The number of aromatic nitrogens is 1. The third-order valence-electron chi connectivity index (χ3n) is 6.27. The summed E-state index contributed by atoms with van der Waals surface area (Å²) in [5, 5.41) is 2.91. The molecule has 0 bridgehead atoms. The van der Waals surface area contributed by atoms with Crippen molar-refractivity contribution in [3.8, 4) is 5.75 Å². The lowest BCUT2D eigenvalue weighted by molar-refractivity contribution is 0.0386. The fraction of sp³-hybridized carbons (Fsp3) is 0.538. The molecule has 2 N–H and O–H groups in total. The quantitative estimate of drug-likeness (QED) is 0.351. The predicted molar refractivity (Wildman–Crippen MR) is 132 cm³/mol. The van der Waals surface area contributed by atoms with Gasteiger partial charge in [0, 0.05) is 45.1 Å². The Morgan fingerprint density at radius 3 is 2.69 bits per heavy atom. The number of carbonyl (C=O) groups excluding carboxylic acids is 2. The highest BCUT2D eigenvalue weighted by molar-refractivity contribution is 6.00. The molecule has 192 valence electrons. The molecule has 0 aliphatic carbocycles. The number of rotatable bonds is 12. The van der Waals surface area contributed by atoms with Crippen LogP contribution in [0.3, 0.4) is 0 Å². The van der Waals surface area contributed by atoms with Crippen LogP contribution in [0.15, 0.2) is 24.3 Å². The number of carbonyl (C=O) groups is 2. The summed E-state index contributed by atoms with van der Waals surface area (Å²) in [5.41, 5.74) is 2.82. The standard InChI is InChI=1S/C26H37N3O6/c1-18-23(26(31)35-15-14-32-4)19(2)28-24(18)25(30)27-17-20-6-5-7-22(16-20)34-13-10-29(3)21-8-11-33-12-9-21/h5-7,16,21,28H,8-15,17H2,1-4H3,(H,27,30). The van der Waals surface area contributed by atoms with Crippen LogP contribution in [0.4, 0.5) is 0 Å². The highest BCUT2D eigenvalue weighted by Crippen LogP contribution is 2.20. The third-order valence-corrected chi connectivity index (χ3v) is 6.27. The summed E-state index contributed by atoms with van der Waals surface area (Å²) in [7, 11) is 3.66. The van der Waals surface area contributed by atoms with Crippen molar-refractivity contribution >= 4 is 11.9 Å². The summed E-state index contributed by atoms with van der Waals surface area (Å²) in [6, 6.07) is 8.24. The molecule has 9 heteroatoms. The summed E-state index contributed by atoms with van der Waals surface area (Å²) >= 11 is 0. The van der Waals surface area contributed by atoms with E-state index in [1.54, 1.807) is 13.8 Å². The molecule has 1 aromatic heterocycles. The van der Waals surface area contributed by atoms with Gasteiger partial charge in [-0.15, -0.1) is 0 Å². The lowest BCUT2D eigenvalue weighted by atomic mass is 10.1. The number of esters is 1. The molecule has 1 aliphatic heterocycles. The van der Waals surface area contributed by atoms with E-state index in [1.807, 2.05) is 24.3 Å². The molecule has 0 atom stereocenters. The first-order valence-electron chi connectivity index (χ1n) is 12.0. The molecule has 1 fully saturated rings. The summed E-state index contributed by atoms with van der Waals surface area (Å²) in [4.78, 5) is 30.5. The van der Waals surface area contributed by atoms with Gasteiger partial charge in [0.25, 0.3) is 5.91 Å². The van der Waals surface area contributed by atoms with Gasteiger partial charge in [-0.3, -0.25) is 9.69 Å². The largest absolute Gasteiger partial charge is 0.492 e. The number of benzene rings is 1. The monoisotopic (exact) mass is 487 g/mol. The lowest BCUT2D eigenvalue weighted by Gasteiger charge is -2.31. The minimum Gasteiger partial charge on any atom is -0.492 e. The number of amides is 1. The number of methoxy groups -OCH3 is 1. The topological polar surface area (TPSA) is 102 Å². The second-order valence-electron chi connectivity index (χ2n) is 8.76. The number of aromatic amines is 1. The van der Waals surface area contributed by atoms with E-state index < -0.39 is 5.97 Å². The summed E-state index contributed by atoms with van der Waals surface area (Å²) in [6.45, 7) is 7.37. The first-order chi connectivity index (χ1) is 16.9. The zero-order valence-electron chi connectivity index (χ0n) is 21.1. The van der Waals surface area contributed by atoms with E-state index in [1.165, 1.54) is 7.11 Å². The molecule has 0 saturated carbocycles. The highest BCUT2D eigenvalue weighted by Gasteiger charge is 2.23. The van der Waals surface area contributed by atoms with Gasteiger partial charge in [-0.05, 0) is 57.0 Å². The molecule has 1 saturated heterocycles. The molecular weight excluding hydrogens is 450 g/mol. The van der Waals surface area contributed by atoms with Gasteiger partial charge in [-0.2, -0.15) is 0 Å². The van der Waals surface area contributed by atoms with Gasteiger partial charge in [0.15, 0.2) is 0 Å². The van der Waals surface area contributed by atoms with E-state index in [-0.39, 0.29) is 12.5 Å². The molecule has 0 spiro atoms. The Morgan fingerprint density at radius 1 is 1.17 bits per heavy atom. The molecule has 1 aromatic carbocycles. The fourth-order valence-corrected chi connectivity index (χ4v) is 4.21. The van der Waals surface area contributed by atoms with Crippen molar-refractivity contribution in [2.75, 3.05) is 53.7 Å². The Hall–Kier alpha value is -2.88. The van der Waals surface area contributed by atoms with Gasteiger partial charge in [-0.1, -0.05) is 12.1 Å². The summed E-state index contributed by atoms with van der Waals surface area (Å²) in [6.07, 6.45) is 2.12. The van der Waals surface area contributed by atoms with Crippen molar-refractivity contribution in [2.45, 2.75) is 39.3 Å². The van der Waals surface area contributed by atoms with Gasteiger partial charge in [-0.25, -0.2) is 4.79 Å². The number of ether oxygens (including phenoxy) is 4. The normalized spacial score (nSPS) is 14.2. The molecule has 9 nitrogen and oxygen atoms in total. The fourth-order valence-electron chi connectivity index (χ4n) is 4.21. The number of nitrogens with one attached hydrogen (secondary N) is 2. The van der Waals surface area contributed by atoms with Crippen LogP contribution >= 0.6 is 0 Å². The minimum absolute atomic E-state index is 0.158. The van der Waals surface area contributed by atoms with Crippen LogP contribution in [0.25, 0.3) is 0 Å². The van der Waals surface area contributed by atoms with E-state index in [0.717, 1.165) is 43.9 Å². The first kappa shape index (κ1) is 26.7. The van der Waals surface area contributed by atoms with Crippen molar-refractivity contribution in [1.29, 1.82) is 0 Å². The van der Waals surface area contributed by atoms with Crippen LogP contribution in [-0.2, 0) is 20.8 Å². The molecule has 35 heavy (non-hydrogen) atoms. The Labute approximate surface area is 207 Å². The second kappa shape index (κ2) is 13.3. The SMILES string of the molecule is COCCOC(=O)c1c(C)[nH]c(C(=O)NCc2cccc(OCCN(C)C3CCOCC3)c2)c1C. The minimum atomic E-state index is -0.473. The molecule has 2 heterocycles. The van der Waals surface area contributed by atoms with Crippen LogP contribution < -0.4 is 10.1 Å². The molecule has 0 unspecified atom stereocenters. The van der Waals surface area contributed by atoms with Crippen LogP contribution in [0.1, 0.15) is 50.5 Å². The van der Waals surface area contributed by atoms with Crippen molar-refractivity contribution in [3.05, 3.63) is 52.3 Å². The van der Waals surface area contributed by atoms with Gasteiger partial charge in [0.1, 0.15) is 24.7 Å². The zero-order valence-corrected chi connectivity index (χ0v) is 21.1. The van der Waals surface area contributed by atoms with Crippen LogP contribution in [0.2, 0.25) is 0 Å². The summed E-state index contributed by atoms with van der Waals surface area (Å²) in [5.74, 6) is 0.00994. The van der Waals surface area contributed by atoms with Crippen LogP contribution in [-0.4, -0.2) is 81.5 Å². The molecule has 2 aromatic rings. The van der Waals surface area contributed by atoms with Gasteiger partial charge >= 0.3 is 5.97 Å². The molecule has 1 amide bonds. The molecule has 3 rings (SSSR count). The van der Waals surface area contributed by atoms with E-state index in [2.05, 4.69) is 22.2 Å². The maximum Gasteiger partial charge on any atom is 0.340 e. The molecule has 0 radical (unpaired) electrons. The Morgan fingerprint density at radius 2 is 1.94 bits per heavy atom. The van der Waals surface area contributed by atoms with Crippen molar-refractivity contribution in [1.82, 2.24) is 15.2 Å². The first-order valence-corrected chi connectivity index (χ1v) is 12.0. The number of likely N-dealkylation sites (N-methyl/N-ethyl adjacent to an activating group) is 1. The number of hydrogen-bond donors (Lipinski definition) is 2. The van der Waals surface area contributed by atoms with E-state index in [9.17, 15) is 9.59 Å². The Balaban J connectivity index is 1.50. The predicted octanol–water partition coefficient (Wildman–Crippen LogP) is 2.85. The second-order valence-corrected chi connectivity index (χ2v) is 8.76. The smallest absolute Gasteiger partial charge is 0.340 e. The average molecular weight is 488 g/mol. The summed E-state index contributed by atoms with van der Waals surface area (Å²) < 4.78 is 21.5. The third kappa shape index (κ3) is 7.55. The van der Waals surface area contributed by atoms with Gasteiger partial charge < -0.3 is 29.2 Å². The molecular formula is C26H37N3O6. The number of nitrogens with zero attached hydrogens (tertiary/aromatic N) is 1. The van der Waals surface area contributed by atoms with E-state index in [4.69, 9.17) is 18.9 Å².